The van der Waals surface area contributed by atoms with Crippen molar-refractivity contribution in [2.75, 3.05) is 12.0 Å². The van der Waals surface area contributed by atoms with Crippen LogP contribution in [0.15, 0.2) is 22.7 Å². The average molecular weight is 339 g/mol. The van der Waals surface area contributed by atoms with Gasteiger partial charge in [-0.25, -0.2) is 12.8 Å². The molecule has 0 heterocycles. The molecule has 0 saturated carbocycles. The third-order valence-corrected chi connectivity index (χ3v) is 4.21. The fraction of sp³-hybridized carbons (Fsp3) is 0.455. The topological polar surface area (TPSA) is 72.2 Å². The number of halogens is 2. The first-order valence-electron chi connectivity index (χ1n) is 5.43. The minimum absolute atomic E-state index is 0.0702. The number of hydrogen-bond acceptors (Lipinski definition) is 4. The highest BCUT2D eigenvalue weighted by Gasteiger charge is 2.16. The van der Waals surface area contributed by atoms with Gasteiger partial charge in [0.15, 0.2) is 0 Å². The quantitative estimate of drug-likeness (QED) is 0.614. The lowest BCUT2D eigenvalue weighted by Gasteiger charge is -2.17. The maximum atomic E-state index is 13.8. The summed E-state index contributed by atoms with van der Waals surface area (Å²) in [5.74, 6) is 5.09. The van der Waals surface area contributed by atoms with E-state index >= 15 is 0 Å². The molecule has 102 valence electrons. The minimum Gasteiger partial charge on any atom is -0.271 e. The molecule has 0 aromatic heterocycles. The number of sulfone groups is 1. The van der Waals surface area contributed by atoms with Crippen molar-refractivity contribution in [1.82, 2.24) is 5.43 Å². The van der Waals surface area contributed by atoms with Gasteiger partial charge in [0.2, 0.25) is 0 Å². The predicted molar refractivity (Wildman–Crippen MR) is 73.1 cm³/mol. The maximum Gasteiger partial charge on any atom is 0.147 e. The summed E-state index contributed by atoms with van der Waals surface area (Å²) in [7, 11) is -3.00. The molecular weight excluding hydrogens is 323 g/mol. The van der Waals surface area contributed by atoms with E-state index in [2.05, 4.69) is 21.4 Å². The summed E-state index contributed by atoms with van der Waals surface area (Å²) in [6.07, 6.45) is 2.06. The molecule has 4 nitrogen and oxygen atoms in total. The van der Waals surface area contributed by atoms with Crippen molar-refractivity contribution in [2.24, 2.45) is 5.84 Å². The Hall–Kier alpha value is -0.500. The second-order valence-electron chi connectivity index (χ2n) is 4.13. The molecule has 0 fully saturated rings. The molecule has 0 saturated heterocycles. The molecule has 0 spiro atoms. The van der Waals surface area contributed by atoms with E-state index in [0.29, 0.717) is 22.9 Å². The van der Waals surface area contributed by atoms with Gasteiger partial charge < -0.3 is 0 Å². The molecule has 1 aromatic rings. The Morgan fingerprint density at radius 3 is 2.72 bits per heavy atom. The lowest BCUT2D eigenvalue weighted by Crippen LogP contribution is -2.29. The Bertz CT molecular complexity index is 508. The first kappa shape index (κ1) is 15.6. The standard InChI is InChI=1S/C11H16BrFN2O2S/c1-18(16,17)7-3-6-10(15-14)8-4-2-5-9(12)11(8)13/h2,4-5,10,15H,3,6-7,14H2,1H3. The van der Waals surface area contributed by atoms with E-state index in [9.17, 15) is 12.8 Å². The summed E-state index contributed by atoms with van der Waals surface area (Å²) in [6.45, 7) is 0. The zero-order valence-electron chi connectivity index (χ0n) is 9.99. The molecule has 0 amide bonds. The molecule has 18 heavy (non-hydrogen) atoms. The lowest BCUT2D eigenvalue weighted by atomic mass is 10.0. The molecule has 0 aliphatic carbocycles. The fourth-order valence-electron chi connectivity index (χ4n) is 1.67. The van der Waals surface area contributed by atoms with Crippen molar-refractivity contribution in [1.29, 1.82) is 0 Å². The summed E-state index contributed by atoms with van der Waals surface area (Å²) in [5.41, 5.74) is 2.95. The van der Waals surface area contributed by atoms with E-state index in [-0.39, 0.29) is 11.6 Å². The first-order chi connectivity index (χ1) is 8.35. The number of nitrogens with one attached hydrogen (secondary N) is 1. The predicted octanol–water partition coefficient (Wildman–Crippen LogP) is 1.92. The van der Waals surface area contributed by atoms with E-state index in [0.717, 1.165) is 0 Å². The van der Waals surface area contributed by atoms with Crippen molar-refractivity contribution in [2.45, 2.75) is 18.9 Å². The second-order valence-corrected chi connectivity index (χ2v) is 7.25. The van der Waals surface area contributed by atoms with Crippen LogP contribution in [0.4, 0.5) is 4.39 Å². The summed E-state index contributed by atoms with van der Waals surface area (Å²) < 4.78 is 36.3. The van der Waals surface area contributed by atoms with Crippen LogP contribution in [0.1, 0.15) is 24.4 Å². The summed E-state index contributed by atoms with van der Waals surface area (Å²) in [5, 5.41) is 0. The zero-order valence-corrected chi connectivity index (χ0v) is 12.4. The molecular formula is C11H16BrFN2O2S. The number of benzene rings is 1. The van der Waals surface area contributed by atoms with E-state index in [1.54, 1.807) is 18.2 Å². The number of hydrogen-bond donors (Lipinski definition) is 2. The molecule has 1 atom stereocenters. The van der Waals surface area contributed by atoms with Crippen LogP contribution in [0.3, 0.4) is 0 Å². The van der Waals surface area contributed by atoms with E-state index in [4.69, 9.17) is 5.84 Å². The van der Waals surface area contributed by atoms with Gasteiger partial charge in [0.05, 0.1) is 4.47 Å². The third kappa shape index (κ3) is 4.64. The van der Waals surface area contributed by atoms with Crippen LogP contribution in [0.2, 0.25) is 0 Å². The van der Waals surface area contributed by atoms with Gasteiger partial charge >= 0.3 is 0 Å². The molecule has 1 unspecified atom stereocenters. The molecule has 1 aromatic carbocycles. The van der Waals surface area contributed by atoms with Gasteiger partial charge in [-0.05, 0) is 34.8 Å². The Labute approximate surface area is 115 Å². The number of hydrazine groups is 1. The molecule has 0 radical (unpaired) electrons. The number of nitrogens with two attached hydrogens (primary N) is 1. The Morgan fingerprint density at radius 1 is 1.50 bits per heavy atom. The van der Waals surface area contributed by atoms with Crippen molar-refractivity contribution < 1.29 is 12.8 Å². The molecule has 7 heteroatoms. The SMILES string of the molecule is CS(=O)(=O)CCCC(NN)c1cccc(Br)c1F. The molecule has 0 aliphatic heterocycles. The van der Waals surface area contributed by atoms with Crippen LogP contribution >= 0.6 is 15.9 Å². The van der Waals surface area contributed by atoms with Crippen LogP contribution in [0.25, 0.3) is 0 Å². The first-order valence-corrected chi connectivity index (χ1v) is 8.28. The number of rotatable bonds is 6. The van der Waals surface area contributed by atoms with Gasteiger partial charge in [-0.15, -0.1) is 0 Å². The zero-order chi connectivity index (χ0) is 13.8. The lowest BCUT2D eigenvalue weighted by molar-refractivity contribution is 0.478. The summed E-state index contributed by atoms with van der Waals surface area (Å²) in [6, 6.07) is 4.54. The molecule has 3 N–H and O–H groups in total. The van der Waals surface area contributed by atoms with Gasteiger partial charge in [0, 0.05) is 23.6 Å². The van der Waals surface area contributed by atoms with Gasteiger partial charge in [0.1, 0.15) is 15.7 Å². The van der Waals surface area contributed by atoms with Gasteiger partial charge in [-0.3, -0.25) is 11.3 Å². The maximum absolute atomic E-state index is 13.8. The summed E-state index contributed by atoms with van der Waals surface area (Å²) >= 11 is 3.10. The minimum atomic E-state index is -3.00. The smallest absolute Gasteiger partial charge is 0.147 e. The van der Waals surface area contributed by atoms with Crippen LogP contribution in [-0.4, -0.2) is 20.4 Å². The van der Waals surface area contributed by atoms with Crippen LogP contribution < -0.4 is 11.3 Å². The van der Waals surface area contributed by atoms with Gasteiger partial charge in [-0.2, -0.15) is 0 Å². The van der Waals surface area contributed by atoms with Crippen LogP contribution in [-0.2, 0) is 9.84 Å². The Morgan fingerprint density at radius 2 is 2.17 bits per heavy atom. The van der Waals surface area contributed by atoms with Gasteiger partial charge in [0.25, 0.3) is 0 Å². The van der Waals surface area contributed by atoms with Crippen molar-refractivity contribution in [3.63, 3.8) is 0 Å². The summed E-state index contributed by atoms with van der Waals surface area (Å²) in [4.78, 5) is 0. The van der Waals surface area contributed by atoms with E-state index in [1.807, 2.05) is 0 Å². The fourth-order valence-corrected chi connectivity index (χ4v) is 2.74. The van der Waals surface area contributed by atoms with Crippen LogP contribution in [0.5, 0.6) is 0 Å². The van der Waals surface area contributed by atoms with Crippen molar-refractivity contribution in [3.8, 4) is 0 Å². The van der Waals surface area contributed by atoms with E-state index < -0.39 is 15.9 Å². The highest BCUT2D eigenvalue weighted by atomic mass is 79.9. The highest BCUT2D eigenvalue weighted by molar-refractivity contribution is 9.10. The molecule has 0 aliphatic rings. The second kappa shape index (κ2) is 6.60. The largest absolute Gasteiger partial charge is 0.271 e. The molecule has 1 rings (SSSR count). The highest BCUT2D eigenvalue weighted by Crippen LogP contribution is 2.26. The average Bonchev–Trinajstić information content (AvgIpc) is 2.27. The van der Waals surface area contributed by atoms with Crippen molar-refractivity contribution >= 4 is 25.8 Å². The van der Waals surface area contributed by atoms with E-state index in [1.165, 1.54) is 6.26 Å². The van der Waals surface area contributed by atoms with Crippen molar-refractivity contribution in [3.05, 3.63) is 34.1 Å². The van der Waals surface area contributed by atoms with Crippen LogP contribution in [0, 0.1) is 5.82 Å². The third-order valence-electron chi connectivity index (χ3n) is 2.57. The Balaban J connectivity index is 2.75. The molecule has 0 bridgehead atoms. The monoisotopic (exact) mass is 338 g/mol. The Kier molecular flexibility index (Phi) is 5.71. The normalized spacial score (nSPS) is 13.6. The van der Waals surface area contributed by atoms with Gasteiger partial charge in [-0.1, -0.05) is 12.1 Å².